The maximum absolute atomic E-state index is 14.5. The minimum absolute atomic E-state index is 0.0628. The lowest BCUT2D eigenvalue weighted by atomic mass is 9.78. The number of alkyl halides is 4. The Hall–Kier alpha value is -3.61. The second kappa shape index (κ2) is 10.3. The van der Waals surface area contributed by atoms with Crippen molar-refractivity contribution in [3.05, 3.63) is 53.6 Å². The van der Waals surface area contributed by atoms with E-state index in [0.717, 1.165) is 13.8 Å². The molecule has 0 bridgehead atoms. The molecule has 1 fully saturated rings. The fraction of sp³-hybridized carbons (Fsp3) is 0.464. The summed E-state index contributed by atoms with van der Waals surface area (Å²) < 4.78 is 56.3. The van der Waals surface area contributed by atoms with Crippen LogP contribution in [0.2, 0.25) is 0 Å². The summed E-state index contributed by atoms with van der Waals surface area (Å²) in [6, 6.07) is 11.6. The van der Waals surface area contributed by atoms with Crippen LogP contribution in [0.5, 0.6) is 0 Å². The van der Waals surface area contributed by atoms with Gasteiger partial charge in [-0.3, -0.25) is 9.59 Å². The Morgan fingerprint density at radius 2 is 1.66 bits per heavy atom. The molecule has 0 aromatic heterocycles. The molecule has 204 valence electrons. The average Bonchev–Trinajstić information content (AvgIpc) is 3.57. The molecule has 10 heteroatoms. The maximum Gasteiger partial charge on any atom is 0.397 e. The van der Waals surface area contributed by atoms with Crippen molar-refractivity contribution in [3.8, 4) is 17.2 Å². The van der Waals surface area contributed by atoms with Gasteiger partial charge in [-0.05, 0) is 74.9 Å². The number of halogens is 4. The lowest BCUT2D eigenvalue weighted by molar-refractivity contribution is -0.180. The fourth-order valence-electron chi connectivity index (χ4n) is 4.15. The molecule has 1 aliphatic carbocycles. The highest BCUT2D eigenvalue weighted by Crippen LogP contribution is 2.45. The second-order valence-corrected chi connectivity index (χ2v) is 11.0. The van der Waals surface area contributed by atoms with Gasteiger partial charge in [0.1, 0.15) is 17.2 Å². The predicted molar refractivity (Wildman–Crippen MR) is 135 cm³/mol. The van der Waals surface area contributed by atoms with Crippen LogP contribution in [0, 0.1) is 11.3 Å². The standard InChI is InChI=1S/C28H31F4N3O3/c1-25(2,29)15-22(24(38)35-27(16-33)11-12-27)34-19-8-6-18(7-9-19)20-10-5-17(14-23(36)37)13-21(20)26(3,4)28(30,31)32/h5-10,13,22,34H,11-12,14-15H2,1-4H3,(H,35,38)(H,36,37)/t22-/m0/s1. The van der Waals surface area contributed by atoms with Crippen molar-refractivity contribution in [1.82, 2.24) is 5.32 Å². The number of hydrogen-bond donors (Lipinski definition) is 3. The van der Waals surface area contributed by atoms with Crippen molar-refractivity contribution in [2.45, 2.75) is 82.2 Å². The third kappa shape index (κ3) is 6.82. The number of anilines is 1. The van der Waals surface area contributed by atoms with Crippen LogP contribution in [0.3, 0.4) is 0 Å². The molecular weight excluding hydrogens is 502 g/mol. The van der Waals surface area contributed by atoms with E-state index in [-0.39, 0.29) is 23.1 Å². The van der Waals surface area contributed by atoms with Crippen LogP contribution in [0.1, 0.15) is 58.1 Å². The molecule has 1 atom stereocenters. The highest BCUT2D eigenvalue weighted by atomic mass is 19.4. The van der Waals surface area contributed by atoms with E-state index in [9.17, 15) is 32.4 Å². The van der Waals surface area contributed by atoms with Gasteiger partial charge in [-0.25, -0.2) is 4.39 Å². The molecule has 1 amide bonds. The van der Waals surface area contributed by atoms with Crippen LogP contribution in [0.4, 0.5) is 23.2 Å². The summed E-state index contributed by atoms with van der Waals surface area (Å²) >= 11 is 0. The van der Waals surface area contributed by atoms with Crippen molar-refractivity contribution < 1.29 is 32.3 Å². The molecule has 6 nitrogen and oxygen atoms in total. The highest BCUT2D eigenvalue weighted by molar-refractivity contribution is 5.86. The number of carboxylic acids is 1. The largest absolute Gasteiger partial charge is 0.481 e. The summed E-state index contributed by atoms with van der Waals surface area (Å²) in [5, 5.41) is 24.0. The minimum atomic E-state index is -4.59. The molecule has 38 heavy (non-hydrogen) atoms. The number of carbonyl (C=O) groups is 2. The molecule has 2 aromatic carbocycles. The lowest BCUT2D eigenvalue weighted by Crippen LogP contribution is -2.47. The Morgan fingerprint density at radius 1 is 1.05 bits per heavy atom. The lowest BCUT2D eigenvalue weighted by Gasteiger charge is -2.31. The highest BCUT2D eigenvalue weighted by Gasteiger charge is 2.49. The summed E-state index contributed by atoms with van der Waals surface area (Å²) in [7, 11) is 0. The van der Waals surface area contributed by atoms with Gasteiger partial charge in [0.15, 0.2) is 0 Å². The molecular formula is C28H31F4N3O3. The zero-order chi connectivity index (χ0) is 28.5. The van der Waals surface area contributed by atoms with Gasteiger partial charge in [-0.2, -0.15) is 18.4 Å². The van der Waals surface area contributed by atoms with Crippen LogP contribution in [0.15, 0.2) is 42.5 Å². The first-order valence-corrected chi connectivity index (χ1v) is 12.2. The number of aliphatic carboxylic acids is 1. The molecule has 1 aliphatic rings. The van der Waals surface area contributed by atoms with Crippen molar-refractivity contribution in [2.24, 2.45) is 0 Å². The molecule has 0 radical (unpaired) electrons. The molecule has 1 saturated carbocycles. The Labute approximate surface area is 219 Å². The van der Waals surface area contributed by atoms with Gasteiger partial charge in [0.2, 0.25) is 5.91 Å². The van der Waals surface area contributed by atoms with E-state index in [1.165, 1.54) is 32.0 Å². The number of amides is 1. The number of rotatable bonds is 10. The quantitative estimate of drug-likeness (QED) is 0.330. The van der Waals surface area contributed by atoms with Gasteiger partial charge in [0.25, 0.3) is 0 Å². The number of nitrogens with zero attached hydrogens (tertiary/aromatic N) is 1. The third-order valence-corrected chi connectivity index (χ3v) is 6.69. The summed E-state index contributed by atoms with van der Waals surface area (Å²) in [5.74, 6) is -1.66. The van der Waals surface area contributed by atoms with Gasteiger partial charge in [-0.15, -0.1) is 0 Å². The normalized spacial score (nSPS) is 15.8. The van der Waals surface area contributed by atoms with Crippen molar-refractivity contribution in [2.75, 3.05) is 5.32 Å². The smallest absolute Gasteiger partial charge is 0.397 e. The number of hydrogen-bond acceptors (Lipinski definition) is 4. The molecule has 0 heterocycles. The van der Waals surface area contributed by atoms with Crippen LogP contribution in [-0.4, -0.2) is 40.4 Å². The second-order valence-electron chi connectivity index (χ2n) is 11.0. The number of carboxylic acid groups (broad SMARTS) is 1. The predicted octanol–water partition coefficient (Wildman–Crippen LogP) is 5.91. The van der Waals surface area contributed by atoms with E-state index >= 15 is 0 Å². The van der Waals surface area contributed by atoms with Gasteiger partial charge in [-0.1, -0.05) is 30.3 Å². The van der Waals surface area contributed by atoms with Gasteiger partial charge in [0, 0.05) is 12.1 Å². The van der Waals surface area contributed by atoms with Gasteiger partial charge < -0.3 is 15.7 Å². The number of benzene rings is 2. The van der Waals surface area contributed by atoms with E-state index in [1.807, 2.05) is 0 Å². The minimum Gasteiger partial charge on any atom is -0.481 e. The molecule has 3 rings (SSSR count). The maximum atomic E-state index is 14.5. The third-order valence-electron chi connectivity index (χ3n) is 6.69. The van der Waals surface area contributed by atoms with Crippen molar-refractivity contribution in [3.63, 3.8) is 0 Å². The van der Waals surface area contributed by atoms with Crippen molar-refractivity contribution in [1.29, 1.82) is 5.26 Å². The van der Waals surface area contributed by atoms with E-state index in [0.29, 0.717) is 24.1 Å². The van der Waals surface area contributed by atoms with Crippen LogP contribution < -0.4 is 10.6 Å². The zero-order valence-corrected chi connectivity index (χ0v) is 21.7. The number of carbonyl (C=O) groups excluding carboxylic acids is 1. The Bertz CT molecular complexity index is 1240. The van der Waals surface area contributed by atoms with E-state index in [4.69, 9.17) is 5.11 Å². The molecule has 0 aliphatic heterocycles. The van der Waals surface area contributed by atoms with E-state index in [2.05, 4.69) is 16.7 Å². The topological polar surface area (TPSA) is 102 Å². The summed E-state index contributed by atoms with van der Waals surface area (Å²) in [6.07, 6.45) is -4.12. The van der Waals surface area contributed by atoms with E-state index < -0.39 is 47.1 Å². The summed E-state index contributed by atoms with van der Waals surface area (Å²) in [4.78, 5) is 24.0. The molecule has 0 saturated heterocycles. The molecule has 2 aromatic rings. The Kier molecular flexibility index (Phi) is 7.83. The molecule has 0 spiro atoms. The number of nitrogens with one attached hydrogen (secondary N) is 2. The molecule has 0 unspecified atom stereocenters. The van der Waals surface area contributed by atoms with Crippen molar-refractivity contribution >= 4 is 17.6 Å². The fourth-order valence-corrected chi connectivity index (χ4v) is 4.15. The molecule has 3 N–H and O–H groups in total. The van der Waals surface area contributed by atoms with Crippen LogP contribution in [-0.2, 0) is 21.4 Å². The average molecular weight is 534 g/mol. The van der Waals surface area contributed by atoms with Gasteiger partial charge >= 0.3 is 12.1 Å². The first kappa shape index (κ1) is 29.0. The number of nitriles is 1. The Balaban J connectivity index is 1.92. The zero-order valence-electron chi connectivity index (χ0n) is 21.7. The first-order valence-electron chi connectivity index (χ1n) is 12.2. The summed E-state index contributed by atoms with van der Waals surface area (Å²) in [6.45, 7) is 4.77. The van der Waals surface area contributed by atoms with Crippen LogP contribution in [0.25, 0.3) is 11.1 Å². The van der Waals surface area contributed by atoms with Crippen LogP contribution >= 0.6 is 0 Å². The van der Waals surface area contributed by atoms with E-state index in [1.54, 1.807) is 24.3 Å². The van der Waals surface area contributed by atoms with Gasteiger partial charge in [0.05, 0.1) is 17.9 Å². The SMILES string of the molecule is CC(C)(F)C[C@H](Nc1ccc(-c2ccc(CC(=O)O)cc2C(C)(C)C(F)(F)F)cc1)C(=O)NC1(C#N)CC1. The Morgan fingerprint density at radius 3 is 2.13 bits per heavy atom. The summed E-state index contributed by atoms with van der Waals surface area (Å²) in [5.41, 5.74) is -3.49. The first-order chi connectivity index (χ1) is 17.5. The monoisotopic (exact) mass is 533 g/mol.